The predicted octanol–water partition coefficient (Wildman–Crippen LogP) is 1.09. The third kappa shape index (κ3) is 1.49. The normalized spacial score (nSPS) is 13.6. The van der Waals surface area contributed by atoms with Crippen molar-refractivity contribution >= 4 is 30.4 Å². The molecule has 1 aromatic rings. The second-order valence-electron chi connectivity index (χ2n) is 1.64. The van der Waals surface area contributed by atoms with Crippen LogP contribution in [0.3, 0.4) is 0 Å². The van der Waals surface area contributed by atoms with Crippen molar-refractivity contribution < 1.29 is 8.42 Å². The summed E-state index contributed by atoms with van der Waals surface area (Å²) in [6.07, 6.45) is 0. The lowest BCUT2D eigenvalue weighted by Gasteiger charge is -1.82. The Hall–Kier alpha value is -0.100. The van der Waals surface area contributed by atoms with Crippen LogP contribution in [-0.2, 0) is 10.0 Å². The number of sulfonamides is 1. The van der Waals surface area contributed by atoms with Crippen LogP contribution < -0.4 is 5.14 Å². The Morgan fingerprint density at radius 2 is 2.20 bits per heavy atom. The molecule has 1 heterocycles. The van der Waals surface area contributed by atoms with Crippen LogP contribution in [0.2, 0.25) is 0 Å². The number of hydrogen-bond donors (Lipinski definition) is 1. The molecule has 1 aromatic heterocycles. The van der Waals surface area contributed by atoms with Crippen molar-refractivity contribution in [2.75, 3.05) is 0 Å². The van der Waals surface area contributed by atoms with Gasteiger partial charge in [-0.15, -0.1) is 0 Å². The van der Waals surface area contributed by atoms with E-state index >= 15 is 0 Å². The van der Waals surface area contributed by atoms with Gasteiger partial charge in [0.1, 0.15) is 9.68 Å². The van der Waals surface area contributed by atoms with Gasteiger partial charge in [-0.2, -0.15) is 0 Å². The Morgan fingerprint density at radius 3 is 2.40 bits per heavy atom. The number of hydrogen-bond acceptors (Lipinski definition) is 2. The van der Waals surface area contributed by atoms with Crippen molar-refractivity contribution in [2.45, 2.75) is 4.21 Å². The summed E-state index contributed by atoms with van der Waals surface area (Å²) in [5.41, 5.74) is 0. The van der Waals surface area contributed by atoms with Gasteiger partial charge in [-0.05, 0) is 6.07 Å². The standard InChI is InChI=1S/C4H5ClNO2S2/c5-9-3-1-2-4(9)10(6,7)8/h1-3H,(H2,6,7,8)/q+1. The zero-order valence-electron chi connectivity index (χ0n) is 4.82. The van der Waals surface area contributed by atoms with Crippen molar-refractivity contribution in [1.82, 2.24) is 0 Å². The Kier molecular flexibility index (Phi) is 2.00. The van der Waals surface area contributed by atoms with Crippen molar-refractivity contribution in [3.05, 3.63) is 17.5 Å². The minimum Gasteiger partial charge on any atom is -0.220 e. The highest BCUT2D eigenvalue weighted by Crippen LogP contribution is 2.31. The molecule has 2 N–H and O–H groups in total. The summed E-state index contributed by atoms with van der Waals surface area (Å²) in [6, 6.07) is 2.99. The van der Waals surface area contributed by atoms with Gasteiger partial charge in [0.25, 0.3) is 14.2 Å². The topological polar surface area (TPSA) is 60.2 Å². The Balaban J connectivity index is 3.32. The van der Waals surface area contributed by atoms with Gasteiger partial charge in [0, 0.05) is 6.07 Å². The SMILES string of the molecule is NS(=O)(=O)c1ccc[s+]1Cl. The fraction of sp³-hybridized carbons (Fsp3) is 0. The molecule has 0 fully saturated rings. The first-order valence-corrected chi connectivity index (χ1v) is 5.98. The fourth-order valence-corrected chi connectivity index (χ4v) is 3.53. The molecule has 0 bridgehead atoms. The first kappa shape index (κ1) is 8.00. The quantitative estimate of drug-likeness (QED) is 0.687. The zero-order valence-corrected chi connectivity index (χ0v) is 7.21. The molecule has 0 saturated carbocycles. The first-order chi connectivity index (χ1) is 4.52. The zero-order chi connectivity index (χ0) is 7.78. The van der Waals surface area contributed by atoms with Crippen LogP contribution in [0.5, 0.6) is 0 Å². The molecule has 0 aliphatic rings. The van der Waals surface area contributed by atoms with Gasteiger partial charge >= 0.3 is 0 Å². The lowest BCUT2D eigenvalue weighted by molar-refractivity contribution is 0.600. The van der Waals surface area contributed by atoms with E-state index in [1.165, 1.54) is 6.07 Å². The Morgan fingerprint density at radius 1 is 1.60 bits per heavy atom. The number of rotatable bonds is 1. The summed E-state index contributed by atoms with van der Waals surface area (Å²) in [6.45, 7) is 0. The van der Waals surface area contributed by atoms with Gasteiger partial charge in [-0.3, -0.25) is 0 Å². The first-order valence-electron chi connectivity index (χ1n) is 2.32. The fourth-order valence-electron chi connectivity index (χ4n) is 0.525. The number of thiophene rings is 1. The van der Waals surface area contributed by atoms with Crippen molar-refractivity contribution in [2.24, 2.45) is 5.14 Å². The molecular weight excluding hydrogens is 194 g/mol. The number of halogens is 1. The number of nitrogens with two attached hydrogens (primary N) is 1. The van der Waals surface area contributed by atoms with Gasteiger partial charge in [-0.25, -0.2) is 13.6 Å². The monoisotopic (exact) mass is 198 g/mol. The molecule has 0 aliphatic carbocycles. The molecule has 6 heteroatoms. The van der Waals surface area contributed by atoms with E-state index in [2.05, 4.69) is 0 Å². The van der Waals surface area contributed by atoms with Crippen LogP contribution in [0.1, 0.15) is 0 Å². The van der Waals surface area contributed by atoms with Crippen LogP contribution in [-0.4, -0.2) is 8.42 Å². The second-order valence-corrected chi connectivity index (χ2v) is 5.71. The molecular formula is C4H5ClNO2S2+. The molecule has 1 rings (SSSR count). The summed E-state index contributed by atoms with van der Waals surface area (Å²) in [7, 11) is 1.16. The summed E-state index contributed by atoms with van der Waals surface area (Å²) in [5, 5.41) is 6.40. The highest BCUT2D eigenvalue weighted by molar-refractivity contribution is 7.93. The molecule has 0 aliphatic heterocycles. The summed E-state index contributed by atoms with van der Waals surface area (Å²) in [4.78, 5) is 0. The maximum Gasteiger partial charge on any atom is 0.298 e. The molecule has 1 unspecified atom stereocenters. The second kappa shape index (κ2) is 2.50. The molecule has 1 atom stereocenters. The van der Waals surface area contributed by atoms with Gasteiger partial charge < -0.3 is 0 Å². The summed E-state index contributed by atoms with van der Waals surface area (Å²) >= 11 is 0. The van der Waals surface area contributed by atoms with Gasteiger partial charge in [0.2, 0.25) is 10.7 Å². The molecule has 3 nitrogen and oxygen atoms in total. The molecule has 0 radical (unpaired) electrons. The summed E-state index contributed by atoms with van der Waals surface area (Å²) < 4.78 is 21.4. The average Bonchev–Trinajstić information content (AvgIpc) is 2.11. The van der Waals surface area contributed by atoms with Crippen molar-refractivity contribution in [3.63, 3.8) is 0 Å². The van der Waals surface area contributed by atoms with E-state index in [4.69, 9.17) is 15.8 Å². The summed E-state index contributed by atoms with van der Waals surface area (Å²) in [5.74, 6) is 0. The van der Waals surface area contributed by atoms with Gasteiger partial charge in [-0.1, -0.05) is 0 Å². The maximum atomic E-state index is 10.6. The lowest BCUT2D eigenvalue weighted by atomic mass is 10.7. The molecule has 0 spiro atoms. The minimum atomic E-state index is -3.57. The van der Waals surface area contributed by atoms with Gasteiger partial charge in [0.05, 0.1) is 0 Å². The lowest BCUT2D eigenvalue weighted by Crippen LogP contribution is -2.10. The maximum absolute atomic E-state index is 10.6. The van der Waals surface area contributed by atoms with Gasteiger partial charge in [0.15, 0.2) is 5.38 Å². The Bertz CT molecular complexity index is 329. The van der Waals surface area contributed by atoms with E-state index in [9.17, 15) is 8.42 Å². The molecule has 0 aromatic carbocycles. The molecule has 56 valence electrons. The van der Waals surface area contributed by atoms with Crippen LogP contribution in [0, 0.1) is 0 Å². The van der Waals surface area contributed by atoms with E-state index in [1.54, 1.807) is 11.4 Å². The average molecular weight is 199 g/mol. The smallest absolute Gasteiger partial charge is 0.220 e. The van der Waals surface area contributed by atoms with E-state index in [-0.39, 0.29) is 4.21 Å². The van der Waals surface area contributed by atoms with Crippen LogP contribution in [0.4, 0.5) is 0 Å². The minimum absolute atomic E-state index is 0.0918. The van der Waals surface area contributed by atoms with Crippen molar-refractivity contribution in [1.29, 1.82) is 0 Å². The number of primary sulfonamides is 1. The molecule has 0 amide bonds. The van der Waals surface area contributed by atoms with E-state index in [0.717, 1.165) is 0 Å². The molecule has 10 heavy (non-hydrogen) atoms. The van der Waals surface area contributed by atoms with E-state index in [0.29, 0.717) is 0 Å². The van der Waals surface area contributed by atoms with Crippen LogP contribution in [0.25, 0.3) is 0 Å². The molecule has 0 saturated heterocycles. The third-order valence-electron chi connectivity index (χ3n) is 0.903. The highest BCUT2D eigenvalue weighted by atomic mass is 35.7. The Labute approximate surface area is 65.9 Å². The van der Waals surface area contributed by atoms with E-state index in [1.807, 2.05) is 0 Å². The largest absolute Gasteiger partial charge is 0.298 e. The third-order valence-corrected chi connectivity index (χ3v) is 4.83. The highest BCUT2D eigenvalue weighted by Gasteiger charge is 2.22. The van der Waals surface area contributed by atoms with Crippen LogP contribution in [0.15, 0.2) is 21.7 Å². The predicted molar refractivity (Wildman–Crippen MR) is 41.5 cm³/mol. The van der Waals surface area contributed by atoms with E-state index < -0.39 is 19.7 Å². The van der Waals surface area contributed by atoms with Crippen LogP contribution >= 0.6 is 20.4 Å². The van der Waals surface area contributed by atoms with Crippen molar-refractivity contribution in [3.8, 4) is 0 Å².